The van der Waals surface area contributed by atoms with E-state index in [1.165, 1.54) is 19.4 Å². The lowest BCUT2D eigenvalue weighted by atomic mass is 10.4. The van der Waals surface area contributed by atoms with Crippen molar-refractivity contribution in [1.29, 1.82) is 0 Å². The van der Waals surface area contributed by atoms with E-state index >= 15 is 0 Å². The van der Waals surface area contributed by atoms with Crippen LogP contribution >= 0.6 is 22.6 Å². The number of hydrogen-bond donors (Lipinski definition) is 0. The zero-order valence-electron chi connectivity index (χ0n) is 4.81. The lowest BCUT2D eigenvalue weighted by molar-refractivity contribution is 0.454. The molecule has 0 saturated carbocycles. The van der Waals surface area contributed by atoms with Gasteiger partial charge in [-0.3, -0.25) is 0 Å². The molecule has 1 heterocycles. The molecule has 0 aromatic carbocycles. The van der Waals surface area contributed by atoms with Crippen LogP contribution in [0.15, 0.2) is 12.8 Å². The smallest absolute Gasteiger partial charge is 0.0804 e. The van der Waals surface area contributed by atoms with Gasteiger partial charge in [0.2, 0.25) is 0 Å². The highest BCUT2D eigenvalue weighted by molar-refractivity contribution is 14.1. The highest BCUT2D eigenvalue weighted by Crippen LogP contribution is 2.21. The highest BCUT2D eigenvalue weighted by atomic mass is 127. The van der Waals surface area contributed by atoms with E-state index in [0.29, 0.717) is 4.05 Å². The molecular weight excluding hydrogens is 213 g/mol. The minimum Gasteiger partial charge on any atom is -0.366 e. The Kier molecular flexibility index (Phi) is 2.16. The second-order valence-corrected chi connectivity index (χ2v) is 3.43. The maximum absolute atomic E-state index is 3.71. The average molecular weight is 223 g/mol. The molecule has 1 fully saturated rings. The largest absolute Gasteiger partial charge is 0.366 e. The maximum atomic E-state index is 3.71. The summed E-state index contributed by atoms with van der Waals surface area (Å²) >= 11 is 2.45. The normalized spacial score (nSPS) is 28.6. The molecular formula is C6H10IN. The van der Waals surface area contributed by atoms with Crippen molar-refractivity contribution in [2.24, 2.45) is 0 Å². The third kappa shape index (κ3) is 1.16. The quantitative estimate of drug-likeness (QED) is 0.373. The summed E-state index contributed by atoms with van der Waals surface area (Å²) in [5, 5.41) is 0. The summed E-state index contributed by atoms with van der Waals surface area (Å²) in [5.41, 5.74) is 0. The molecule has 0 aromatic heterocycles. The molecule has 1 nitrogen and oxygen atoms in total. The Balaban J connectivity index is 2.41. The standard InChI is InChI=1S/C6H10IN/c1-2-8-5-3-4-6(8)7/h2,6H,1,3-5H2. The predicted molar refractivity (Wildman–Crippen MR) is 43.9 cm³/mol. The van der Waals surface area contributed by atoms with Gasteiger partial charge in [0.1, 0.15) is 0 Å². The molecule has 1 aliphatic heterocycles. The van der Waals surface area contributed by atoms with Crippen LogP contribution in [0, 0.1) is 0 Å². The van der Waals surface area contributed by atoms with Gasteiger partial charge >= 0.3 is 0 Å². The van der Waals surface area contributed by atoms with Crippen molar-refractivity contribution in [2.75, 3.05) is 6.54 Å². The van der Waals surface area contributed by atoms with Gasteiger partial charge in [-0.05, 0) is 19.0 Å². The van der Waals surface area contributed by atoms with Crippen molar-refractivity contribution in [2.45, 2.75) is 16.9 Å². The van der Waals surface area contributed by atoms with Crippen LogP contribution < -0.4 is 0 Å². The summed E-state index contributed by atoms with van der Waals surface area (Å²) in [6.45, 7) is 4.92. The van der Waals surface area contributed by atoms with Crippen LogP contribution in [0.25, 0.3) is 0 Å². The van der Waals surface area contributed by atoms with Gasteiger partial charge in [-0.2, -0.15) is 0 Å². The number of likely N-dealkylation sites (tertiary alicyclic amines) is 1. The number of hydrogen-bond acceptors (Lipinski definition) is 1. The summed E-state index contributed by atoms with van der Waals surface area (Å²) in [5.74, 6) is 0. The van der Waals surface area contributed by atoms with Crippen molar-refractivity contribution >= 4 is 22.6 Å². The van der Waals surface area contributed by atoms with Gasteiger partial charge < -0.3 is 4.90 Å². The monoisotopic (exact) mass is 223 g/mol. The van der Waals surface area contributed by atoms with E-state index in [1.54, 1.807) is 0 Å². The Morgan fingerprint density at radius 3 is 2.75 bits per heavy atom. The lowest BCUT2D eigenvalue weighted by Gasteiger charge is -2.15. The van der Waals surface area contributed by atoms with E-state index in [9.17, 15) is 0 Å². The van der Waals surface area contributed by atoms with Gasteiger partial charge in [-0.15, -0.1) is 0 Å². The van der Waals surface area contributed by atoms with Gasteiger partial charge in [0.25, 0.3) is 0 Å². The Hall–Kier alpha value is 0.270. The predicted octanol–water partition coefficient (Wildman–Crippen LogP) is 1.99. The molecule has 0 N–H and O–H groups in total. The minimum atomic E-state index is 0.713. The van der Waals surface area contributed by atoms with E-state index in [4.69, 9.17) is 0 Å². The van der Waals surface area contributed by atoms with E-state index in [1.807, 2.05) is 6.20 Å². The summed E-state index contributed by atoms with van der Waals surface area (Å²) < 4.78 is 0.713. The van der Waals surface area contributed by atoms with Crippen LogP contribution in [-0.4, -0.2) is 15.5 Å². The molecule has 0 amide bonds. The van der Waals surface area contributed by atoms with Crippen molar-refractivity contribution in [1.82, 2.24) is 4.90 Å². The van der Waals surface area contributed by atoms with Gasteiger partial charge in [0.05, 0.1) is 4.05 Å². The van der Waals surface area contributed by atoms with Gasteiger partial charge in [0, 0.05) is 6.54 Å². The number of rotatable bonds is 1. The first-order chi connectivity index (χ1) is 3.84. The molecule has 0 bridgehead atoms. The zero-order chi connectivity index (χ0) is 5.98. The van der Waals surface area contributed by atoms with Crippen LogP contribution in [0.3, 0.4) is 0 Å². The van der Waals surface area contributed by atoms with Crippen molar-refractivity contribution in [3.63, 3.8) is 0 Å². The lowest BCUT2D eigenvalue weighted by Crippen LogP contribution is -2.16. The first-order valence-corrected chi connectivity index (χ1v) is 4.11. The van der Waals surface area contributed by atoms with Crippen molar-refractivity contribution in [3.8, 4) is 0 Å². The third-order valence-corrected chi connectivity index (χ3v) is 2.79. The molecule has 0 aromatic rings. The Morgan fingerprint density at radius 2 is 2.50 bits per heavy atom. The van der Waals surface area contributed by atoms with E-state index in [0.717, 1.165) is 0 Å². The molecule has 1 unspecified atom stereocenters. The van der Waals surface area contributed by atoms with E-state index in [2.05, 4.69) is 34.1 Å². The van der Waals surface area contributed by atoms with Crippen LogP contribution in [0.2, 0.25) is 0 Å². The average Bonchev–Trinajstić information content (AvgIpc) is 2.14. The molecule has 0 spiro atoms. The van der Waals surface area contributed by atoms with Gasteiger partial charge in [0.15, 0.2) is 0 Å². The number of nitrogens with zero attached hydrogens (tertiary/aromatic N) is 1. The summed E-state index contributed by atoms with van der Waals surface area (Å²) in [6.07, 6.45) is 4.59. The number of halogens is 1. The van der Waals surface area contributed by atoms with Crippen LogP contribution in [-0.2, 0) is 0 Å². The van der Waals surface area contributed by atoms with E-state index in [-0.39, 0.29) is 0 Å². The van der Waals surface area contributed by atoms with E-state index < -0.39 is 0 Å². The fourth-order valence-electron chi connectivity index (χ4n) is 0.954. The van der Waals surface area contributed by atoms with Crippen LogP contribution in [0.4, 0.5) is 0 Å². The fraction of sp³-hybridized carbons (Fsp3) is 0.667. The van der Waals surface area contributed by atoms with Gasteiger partial charge in [-0.1, -0.05) is 29.2 Å². The summed E-state index contributed by atoms with van der Waals surface area (Å²) in [4.78, 5) is 2.28. The van der Waals surface area contributed by atoms with Crippen molar-refractivity contribution in [3.05, 3.63) is 12.8 Å². The minimum absolute atomic E-state index is 0.713. The zero-order valence-corrected chi connectivity index (χ0v) is 6.97. The molecule has 0 radical (unpaired) electrons. The fourth-order valence-corrected chi connectivity index (χ4v) is 1.90. The Labute approximate surface area is 63.9 Å². The third-order valence-electron chi connectivity index (χ3n) is 1.45. The molecule has 8 heavy (non-hydrogen) atoms. The molecule has 2 heteroatoms. The topological polar surface area (TPSA) is 3.24 Å². The van der Waals surface area contributed by atoms with Crippen LogP contribution in [0.1, 0.15) is 12.8 Å². The molecule has 46 valence electrons. The SMILES string of the molecule is C=CN1CCCC1I. The highest BCUT2D eigenvalue weighted by Gasteiger charge is 2.16. The first-order valence-electron chi connectivity index (χ1n) is 2.87. The molecule has 1 saturated heterocycles. The van der Waals surface area contributed by atoms with Crippen LogP contribution in [0.5, 0.6) is 0 Å². The first kappa shape index (κ1) is 6.39. The molecule has 1 atom stereocenters. The molecule has 0 aliphatic carbocycles. The second kappa shape index (κ2) is 2.71. The Morgan fingerprint density at radius 1 is 1.75 bits per heavy atom. The van der Waals surface area contributed by atoms with Gasteiger partial charge in [-0.25, -0.2) is 0 Å². The van der Waals surface area contributed by atoms with Crippen molar-refractivity contribution < 1.29 is 0 Å². The summed E-state index contributed by atoms with van der Waals surface area (Å²) in [6, 6.07) is 0. The number of alkyl halides is 1. The summed E-state index contributed by atoms with van der Waals surface area (Å²) in [7, 11) is 0. The maximum Gasteiger partial charge on any atom is 0.0804 e. The molecule has 1 rings (SSSR count). The second-order valence-electron chi connectivity index (χ2n) is 2.00. The Bertz CT molecular complexity index is 92.5. The molecule has 1 aliphatic rings.